The van der Waals surface area contributed by atoms with Crippen molar-refractivity contribution in [3.05, 3.63) is 21.3 Å². The van der Waals surface area contributed by atoms with E-state index in [1.807, 2.05) is 13.8 Å². The van der Waals surface area contributed by atoms with Crippen molar-refractivity contribution in [2.24, 2.45) is 0 Å². The first-order valence-corrected chi connectivity index (χ1v) is 7.00. The van der Waals surface area contributed by atoms with Crippen LogP contribution in [0, 0.1) is 3.57 Å². The van der Waals surface area contributed by atoms with Gasteiger partial charge in [0.15, 0.2) is 25.1 Å². The zero-order valence-electron chi connectivity index (χ0n) is 11.0. The molecule has 1 aromatic carbocycles. The first kappa shape index (κ1) is 16.2. The summed E-state index contributed by atoms with van der Waals surface area (Å²) in [5, 5.41) is 0. The van der Waals surface area contributed by atoms with Crippen LogP contribution >= 0.6 is 22.6 Å². The van der Waals surface area contributed by atoms with E-state index in [0.717, 1.165) is 9.86 Å². The first-order valence-electron chi connectivity index (χ1n) is 5.92. The van der Waals surface area contributed by atoms with Gasteiger partial charge in [-0.25, -0.2) is 0 Å². The number of carbonyl (C=O) groups excluding carboxylic acids is 1. The molecule has 1 aromatic rings. The summed E-state index contributed by atoms with van der Waals surface area (Å²) in [6, 6.07) is 3.35. The van der Waals surface area contributed by atoms with Gasteiger partial charge in [-0.15, -0.1) is 0 Å². The fourth-order valence-electron chi connectivity index (χ4n) is 1.28. The second kappa shape index (κ2) is 9.11. The lowest BCUT2D eigenvalue weighted by molar-refractivity contribution is 0.00561. The van der Waals surface area contributed by atoms with Gasteiger partial charge in [0.1, 0.15) is 6.29 Å². The van der Waals surface area contributed by atoms with Gasteiger partial charge in [-0.2, -0.15) is 0 Å². The van der Waals surface area contributed by atoms with Crippen LogP contribution < -0.4 is 9.47 Å². The van der Waals surface area contributed by atoms with Crippen LogP contribution in [0.15, 0.2) is 12.1 Å². The van der Waals surface area contributed by atoms with Crippen LogP contribution in [0.3, 0.4) is 0 Å². The summed E-state index contributed by atoms with van der Waals surface area (Å²) in [5.74, 6) is 1.03. The predicted octanol–water partition coefficient (Wildman–Crippen LogP) is 2.85. The molecule has 0 fully saturated rings. The summed E-state index contributed by atoms with van der Waals surface area (Å²) in [7, 11) is 0. The van der Waals surface area contributed by atoms with E-state index in [4.69, 9.17) is 18.9 Å². The molecule has 106 valence electrons. The third kappa shape index (κ3) is 5.33. The van der Waals surface area contributed by atoms with E-state index >= 15 is 0 Å². The molecule has 0 saturated heterocycles. The number of benzene rings is 1. The largest absolute Gasteiger partial charge is 0.464 e. The monoisotopic (exact) mass is 380 g/mol. The molecule has 0 radical (unpaired) electrons. The van der Waals surface area contributed by atoms with Crippen LogP contribution in [0.2, 0.25) is 0 Å². The average Bonchev–Trinajstić information content (AvgIpc) is 2.41. The minimum absolute atomic E-state index is 0.111. The topological polar surface area (TPSA) is 54.0 Å². The molecule has 0 bridgehead atoms. The van der Waals surface area contributed by atoms with Crippen molar-refractivity contribution in [2.45, 2.75) is 13.8 Å². The number of hydrogen-bond donors (Lipinski definition) is 0. The van der Waals surface area contributed by atoms with E-state index in [2.05, 4.69) is 22.6 Å². The van der Waals surface area contributed by atoms with Crippen molar-refractivity contribution in [3.8, 4) is 11.5 Å². The lowest BCUT2D eigenvalue weighted by Crippen LogP contribution is -2.08. The molecular weight excluding hydrogens is 363 g/mol. The van der Waals surface area contributed by atoms with Gasteiger partial charge in [-0.3, -0.25) is 4.79 Å². The molecule has 1 rings (SSSR count). The van der Waals surface area contributed by atoms with Crippen molar-refractivity contribution in [3.63, 3.8) is 0 Å². The van der Waals surface area contributed by atoms with Gasteiger partial charge < -0.3 is 18.9 Å². The van der Waals surface area contributed by atoms with E-state index in [9.17, 15) is 4.79 Å². The zero-order valence-corrected chi connectivity index (χ0v) is 13.1. The molecule has 0 atom stereocenters. The van der Waals surface area contributed by atoms with E-state index in [1.54, 1.807) is 12.1 Å². The van der Waals surface area contributed by atoms with Crippen LogP contribution in [0.1, 0.15) is 24.2 Å². The fraction of sp³-hybridized carbons (Fsp3) is 0.462. The van der Waals surface area contributed by atoms with E-state index < -0.39 is 0 Å². The third-order valence-electron chi connectivity index (χ3n) is 2.16. The summed E-state index contributed by atoms with van der Waals surface area (Å²) < 4.78 is 22.0. The molecule has 5 nitrogen and oxygen atoms in total. The van der Waals surface area contributed by atoms with Crippen molar-refractivity contribution in [2.75, 3.05) is 26.8 Å². The first-order chi connectivity index (χ1) is 9.22. The summed E-state index contributed by atoms with van der Waals surface area (Å²) in [4.78, 5) is 10.9. The van der Waals surface area contributed by atoms with Crippen molar-refractivity contribution >= 4 is 28.9 Å². The fourth-order valence-corrected chi connectivity index (χ4v) is 2.06. The van der Waals surface area contributed by atoms with Gasteiger partial charge in [0, 0.05) is 18.8 Å². The van der Waals surface area contributed by atoms with Crippen molar-refractivity contribution < 1.29 is 23.7 Å². The molecule has 0 heterocycles. The van der Waals surface area contributed by atoms with Crippen LogP contribution in [-0.2, 0) is 9.47 Å². The molecule has 0 spiro atoms. The second-order valence-corrected chi connectivity index (χ2v) is 4.62. The highest BCUT2D eigenvalue weighted by Crippen LogP contribution is 2.33. The second-order valence-electron chi connectivity index (χ2n) is 3.46. The molecule has 0 aliphatic rings. The Morgan fingerprint density at radius 3 is 2.32 bits per heavy atom. The van der Waals surface area contributed by atoms with Gasteiger partial charge in [-0.1, -0.05) is 0 Å². The number of halogens is 1. The average molecular weight is 380 g/mol. The molecule has 0 amide bonds. The number of aldehydes is 1. The summed E-state index contributed by atoms with van der Waals surface area (Å²) in [6.07, 6.45) is 0.766. The maximum absolute atomic E-state index is 10.9. The Bertz CT molecular complexity index is 408. The van der Waals surface area contributed by atoms with E-state index in [1.165, 1.54) is 0 Å². The third-order valence-corrected chi connectivity index (χ3v) is 2.96. The Labute approximate surface area is 126 Å². The molecule has 0 aromatic heterocycles. The van der Waals surface area contributed by atoms with Gasteiger partial charge in [-0.05, 0) is 48.6 Å². The molecule has 0 aliphatic carbocycles. The van der Waals surface area contributed by atoms with E-state index in [-0.39, 0.29) is 13.6 Å². The molecular formula is C13H17IO5. The Morgan fingerprint density at radius 2 is 1.74 bits per heavy atom. The predicted molar refractivity (Wildman–Crippen MR) is 78.8 cm³/mol. The molecule has 19 heavy (non-hydrogen) atoms. The van der Waals surface area contributed by atoms with Gasteiger partial charge in [0.25, 0.3) is 0 Å². The zero-order chi connectivity index (χ0) is 14.1. The standard InChI is InChI=1S/C13H17IO5/c1-3-16-8-18-12-6-10(7-15)5-11(14)13(12)19-9-17-4-2/h5-7H,3-4,8-9H2,1-2H3. The lowest BCUT2D eigenvalue weighted by atomic mass is 10.2. The summed E-state index contributed by atoms with van der Waals surface area (Å²) >= 11 is 2.09. The number of rotatable bonds is 9. The molecule has 0 unspecified atom stereocenters. The summed E-state index contributed by atoms with van der Waals surface area (Å²) in [5.41, 5.74) is 0.527. The number of ether oxygens (including phenoxy) is 4. The normalized spacial score (nSPS) is 10.3. The molecule has 6 heteroatoms. The lowest BCUT2D eigenvalue weighted by Gasteiger charge is -2.14. The van der Waals surface area contributed by atoms with Crippen LogP contribution in [0.5, 0.6) is 11.5 Å². The van der Waals surface area contributed by atoms with Crippen molar-refractivity contribution in [1.29, 1.82) is 0 Å². The minimum Gasteiger partial charge on any atom is -0.464 e. The Kier molecular flexibility index (Phi) is 7.76. The molecule has 0 saturated carbocycles. The quantitative estimate of drug-likeness (QED) is 0.286. The summed E-state index contributed by atoms with van der Waals surface area (Å²) in [6.45, 7) is 5.13. The number of carbonyl (C=O) groups is 1. The highest BCUT2D eigenvalue weighted by atomic mass is 127. The molecule has 0 aliphatic heterocycles. The Hall–Kier alpha value is -0.860. The minimum atomic E-state index is 0.111. The maximum atomic E-state index is 10.9. The Morgan fingerprint density at radius 1 is 1.11 bits per heavy atom. The number of hydrogen-bond acceptors (Lipinski definition) is 5. The van der Waals surface area contributed by atoms with Crippen LogP contribution in [-0.4, -0.2) is 33.1 Å². The molecule has 0 N–H and O–H groups in total. The van der Waals surface area contributed by atoms with Gasteiger partial charge >= 0.3 is 0 Å². The van der Waals surface area contributed by atoms with Crippen LogP contribution in [0.4, 0.5) is 0 Å². The Balaban J connectivity index is 2.86. The smallest absolute Gasteiger partial charge is 0.189 e. The van der Waals surface area contributed by atoms with Gasteiger partial charge in [0.2, 0.25) is 0 Å². The van der Waals surface area contributed by atoms with E-state index in [0.29, 0.717) is 30.3 Å². The van der Waals surface area contributed by atoms with Crippen molar-refractivity contribution in [1.82, 2.24) is 0 Å². The SMILES string of the molecule is CCOCOc1cc(C=O)cc(I)c1OCOCC. The van der Waals surface area contributed by atoms with Crippen LogP contribution in [0.25, 0.3) is 0 Å². The highest BCUT2D eigenvalue weighted by molar-refractivity contribution is 14.1. The highest BCUT2D eigenvalue weighted by Gasteiger charge is 2.12. The maximum Gasteiger partial charge on any atom is 0.189 e. The van der Waals surface area contributed by atoms with Gasteiger partial charge in [0.05, 0.1) is 3.57 Å².